The third-order valence-corrected chi connectivity index (χ3v) is 9.47. The lowest BCUT2D eigenvalue weighted by molar-refractivity contribution is -0.140. The van der Waals surface area contributed by atoms with Gasteiger partial charge in [-0.2, -0.15) is 0 Å². The van der Waals surface area contributed by atoms with Crippen molar-refractivity contribution in [2.45, 2.75) is 64.4 Å². The molecule has 0 aliphatic carbocycles. The van der Waals surface area contributed by atoms with E-state index in [0.717, 1.165) is 40.7 Å². The average Bonchev–Trinajstić information content (AvgIpc) is 3.02. The molecule has 4 rings (SSSR count). The molecule has 2 amide bonds. The fraction of sp³-hybridized carbons (Fsp3) is 0.297. The lowest BCUT2D eigenvalue weighted by atomic mass is 10.0. The molecule has 0 spiro atoms. The minimum atomic E-state index is -4.14. The Morgan fingerprint density at radius 2 is 1.33 bits per heavy atom. The Bertz CT molecular complexity index is 1650. The van der Waals surface area contributed by atoms with Crippen molar-refractivity contribution < 1.29 is 18.0 Å². The molecular weight excluding hydrogens is 582 g/mol. The number of rotatable bonds is 14. The van der Waals surface area contributed by atoms with Crippen LogP contribution in [0.3, 0.4) is 0 Å². The molecule has 45 heavy (non-hydrogen) atoms. The number of anilines is 1. The van der Waals surface area contributed by atoms with Crippen LogP contribution in [0.1, 0.15) is 47.6 Å². The molecular formula is C37H43N3O4S. The highest BCUT2D eigenvalue weighted by molar-refractivity contribution is 7.92. The summed E-state index contributed by atoms with van der Waals surface area (Å²) in [6.45, 7) is 7.89. The number of hydrogen-bond acceptors (Lipinski definition) is 4. The third-order valence-electron chi connectivity index (χ3n) is 7.68. The van der Waals surface area contributed by atoms with E-state index in [2.05, 4.69) is 12.2 Å². The van der Waals surface area contributed by atoms with Gasteiger partial charge in [0.1, 0.15) is 12.6 Å². The standard InChI is InChI=1S/C37H43N3O4S/c1-5-6-21-38-37(42)35(25-31-13-9-7-10-14-31)39(26-32-15-11-8-12-16-32)36(41)27-40(33-23-29(3)22-30(4)24-33)45(43,44)34-19-17-28(2)18-20-34/h7-20,22-24,35H,5-6,21,25-27H2,1-4H3,(H,38,42)/t35-/m0/s1. The van der Waals surface area contributed by atoms with Crippen molar-refractivity contribution in [2.75, 3.05) is 17.4 Å². The topological polar surface area (TPSA) is 86.8 Å². The number of amides is 2. The van der Waals surface area contributed by atoms with E-state index < -0.39 is 28.5 Å². The fourth-order valence-electron chi connectivity index (χ4n) is 5.30. The van der Waals surface area contributed by atoms with Gasteiger partial charge in [0.05, 0.1) is 10.6 Å². The molecule has 1 N–H and O–H groups in total. The zero-order valence-electron chi connectivity index (χ0n) is 26.6. The molecule has 0 aromatic heterocycles. The molecule has 8 heteroatoms. The van der Waals surface area contributed by atoms with Gasteiger partial charge in [-0.25, -0.2) is 8.42 Å². The van der Waals surface area contributed by atoms with Gasteiger partial charge in [0.15, 0.2) is 0 Å². The molecule has 0 saturated carbocycles. The lowest BCUT2D eigenvalue weighted by Crippen LogP contribution is -2.53. The molecule has 0 saturated heterocycles. The summed E-state index contributed by atoms with van der Waals surface area (Å²) >= 11 is 0. The first-order valence-electron chi connectivity index (χ1n) is 15.4. The van der Waals surface area contributed by atoms with Crippen molar-refractivity contribution in [1.29, 1.82) is 0 Å². The quantitative estimate of drug-likeness (QED) is 0.165. The summed E-state index contributed by atoms with van der Waals surface area (Å²) in [7, 11) is -4.14. The molecule has 236 valence electrons. The van der Waals surface area contributed by atoms with E-state index in [1.54, 1.807) is 36.4 Å². The average molecular weight is 626 g/mol. The Kier molecular flexibility index (Phi) is 11.5. The van der Waals surface area contributed by atoms with Gasteiger partial charge in [0.25, 0.3) is 10.0 Å². The van der Waals surface area contributed by atoms with Crippen LogP contribution in [0.2, 0.25) is 0 Å². The van der Waals surface area contributed by atoms with E-state index in [9.17, 15) is 18.0 Å². The third kappa shape index (κ3) is 9.05. The molecule has 0 radical (unpaired) electrons. The summed E-state index contributed by atoms with van der Waals surface area (Å²) < 4.78 is 29.6. The van der Waals surface area contributed by atoms with Gasteiger partial charge in [-0.3, -0.25) is 13.9 Å². The van der Waals surface area contributed by atoms with Crippen molar-refractivity contribution >= 4 is 27.5 Å². The van der Waals surface area contributed by atoms with Crippen molar-refractivity contribution in [3.8, 4) is 0 Å². The van der Waals surface area contributed by atoms with Gasteiger partial charge in [-0.15, -0.1) is 0 Å². The molecule has 4 aromatic rings. The summed E-state index contributed by atoms with van der Waals surface area (Å²) in [5.74, 6) is -0.740. The first-order valence-corrected chi connectivity index (χ1v) is 16.8. The molecule has 7 nitrogen and oxygen atoms in total. The maximum atomic E-state index is 14.5. The highest BCUT2D eigenvalue weighted by Crippen LogP contribution is 2.27. The van der Waals surface area contributed by atoms with Crippen molar-refractivity contribution in [1.82, 2.24) is 10.2 Å². The Hall–Kier alpha value is -4.43. The van der Waals surface area contributed by atoms with Crippen molar-refractivity contribution in [3.05, 3.63) is 131 Å². The molecule has 0 heterocycles. The van der Waals surface area contributed by atoms with Crippen molar-refractivity contribution in [3.63, 3.8) is 0 Å². The SMILES string of the molecule is CCCCNC(=O)[C@H](Cc1ccccc1)N(Cc1ccccc1)C(=O)CN(c1cc(C)cc(C)c1)S(=O)(=O)c1ccc(C)cc1. The zero-order valence-corrected chi connectivity index (χ0v) is 27.4. The van der Waals surface area contributed by atoms with Crippen LogP contribution in [-0.2, 0) is 32.6 Å². The van der Waals surface area contributed by atoms with Crippen molar-refractivity contribution in [2.24, 2.45) is 0 Å². The van der Waals surface area contributed by atoms with Crippen LogP contribution in [0, 0.1) is 20.8 Å². The summed E-state index contributed by atoms with van der Waals surface area (Å²) in [4.78, 5) is 30.0. The van der Waals surface area contributed by atoms with E-state index >= 15 is 0 Å². The number of benzene rings is 4. The number of unbranched alkanes of at least 4 members (excludes halogenated alkanes) is 1. The maximum Gasteiger partial charge on any atom is 0.264 e. The summed E-state index contributed by atoms with van der Waals surface area (Å²) in [6, 6.07) is 30.3. The molecule has 0 fully saturated rings. The number of sulfonamides is 1. The highest BCUT2D eigenvalue weighted by Gasteiger charge is 2.34. The first kappa shape index (κ1) is 33.5. The van der Waals surface area contributed by atoms with Crippen LogP contribution in [0.25, 0.3) is 0 Å². The van der Waals surface area contributed by atoms with Crippen LogP contribution in [0.4, 0.5) is 5.69 Å². The highest BCUT2D eigenvalue weighted by atomic mass is 32.2. The fourth-order valence-corrected chi connectivity index (χ4v) is 6.70. The minimum Gasteiger partial charge on any atom is -0.354 e. The number of nitrogens with one attached hydrogen (secondary N) is 1. The Labute approximate surface area is 268 Å². The second-order valence-corrected chi connectivity index (χ2v) is 13.4. The van der Waals surface area contributed by atoms with Crippen LogP contribution in [-0.4, -0.2) is 44.3 Å². The van der Waals surface area contributed by atoms with E-state index in [1.807, 2.05) is 87.5 Å². The molecule has 0 aliphatic heterocycles. The Morgan fingerprint density at radius 1 is 0.756 bits per heavy atom. The zero-order chi connectivity index (χ0) is 32.4. The van der Waals surface area contributed by atoms with Gasteiger partial charge >= 0.3 is 0 Å². The van der Waals surface area contributed by atoms with Gasteiger partial charge in [-0.05, 0) is 73.7 Å². The van der Waals surface area contributed by atoms with Crippen LogP contribution >= 0.6 is 0 Å². The number of carbonyl (C=O) groups excluding carboxylic acids is 2. The van der Waals surface area contributed by atoms with E-state index in [4.69, 9.17) is 0 Å². The number of aryl methyl sites for hydroxylation is 3. The number of nitrogens with zero attached hydrogens (tertiary/aromatic N) is 2. The number of carbonyl (C=O) groups is 2. The maximum absolute atomic E-state index is 14.5. The first-order chi connectivity index (χ1) is 21.6. The molecule has 1 atom stereocenters. The van der Waals surface area contributed by atoms with Crippen LogP contribution < -0.4 is 9.62 Å². The molecule has 0 bridgehead atoms. The molecule has 4 aromatic carbocycles. The monoisotopic (exact) mass is 625 g/mol. The predicted octanol–water partition coefficient (Wildman–Crippen LogP) is 6.36. The summed E-state index contributed by atoms with van der Waals surface area (Å²) in [5.41, 5.74) is 4.81. The smallest absolute Gasteiger partial charge is 0.264 e. The Morgan fingerprint density at radius 3 is 1.91 bits per heavy atom. The van der Waals surface area contributed by atoms with Gasteiger partial charge in [-0.1, -0.05) is 97.8 Å². The second kappa shape index (κ2) is 15.5. The largest absolute Gasteiger partial charge is 0.354 e. The van der Waals surface area contributed by atoms with Gasteiger partial charge in [0, 0.05) is 19.5 Å². The minimum absolute atomic E-state index is 0.0906. The van der Waals surface area contributed by atoms with E-state index in [0.29, 0.717) is 12.2 Å². The number of hydrogen-bond donors (Lipinski definition) is 1. The lowest BCUT2D eigenvalue weighted by Gasteiger charge is -2.34. The predicted molar refractivity (Wildman–Crippen MR) is 180 cm³/mol. The molecule has 0 aliphatic rings. The van der Waals surface area contributed by atoms with Gasteiger partial charge in [0.2, 0.25) is 11.8 Å². The summed E-state index contributed by atoms with van der Waals surface area (Å²) in [5, 5.41) is 3.02. The van der Waals surface area contributed by atoms with Crippen LogP contribution in [0.15, 0.2) is 108 Å². The van der Waals surface area contributed by atoms with E-state index in [1.165, 1.54) is 9.21 Å². The molecule has 0 unspecified atom stereocenters. The van der Waals surface area contributed by atoms with Gasteiger partial charge < -0.3 is 10.2 Å². The van der Waals surface area contributed by atoms with E-state index in [-0.39, 0.29) is 23.8 Å². The normalized spacial score (nSPS) is 11.9. The summed E-state index contributed by atoms with van der Waals surface area (Å²) in [6.07, 6.45) is 2.01. The second-order valence-electron chi connectivity index (χ2n) is 11.5. The Balaban J connectivity index is 1.80. The van der Waals surface area contributed by atoms with Crippen LogP contribution in [0.5, 0.6) is 0 Å².